The first-order chi connectivity index (χ1) is 13.1. The van der Waals surface area contributed by atoms with Crippen molar-refractivity contribution in [3.8, 4) is 11.5 Å². The maximum Gasteiger partial charge on any atom is 0.127 e. The van der Waals surface area contributed by atoms with Crippen LogP contribution in [0.15, 0.2) is 54.6 Å². The molecule has 4 heteroatoms. The van der Waals surface area contributed by atoms with Gasteiger partial charge in [0.15, 0.2) is 0 Å². The summed E-state index contributed by atoms with van der Waals surface area (Å²) in [6.45, 7) is 5.05. The molecule has 2 fully saturated rings. The van der Waals surface area contributed by atoms with E-state index in [0.717, 1.165) is 57.1 Å². The number of para-hydroxylation sites is 1. The van der Waals surface area contributed by atoms with Crippen molar-refractivity contribution < 1.29 is 9.84 Å². The smallest absolute Gasteiger partial charge is 0.127 e. The van der Waals surface area contributed by atoms with Crippen molar-refractivity contribution in [2.75, 3.05) is 33.2 Å². The highest BCUT2D eigenvalue weighted by Crippen LogP contribution is 2.38. The van der Waals surface area contributed by atoms with Gasteiger partial charge in [-0.25, -0.2) is 0 Å². The van der Waals surface area contributed by atoms with Crippen LogP contribution >= 0.6 is 0 Å². The summed E-state index contributed by atoms with van der Waals surface area (Å²) in [5, 5.41) is 10.7. The Morgan fingerprint density at radius 1 is 1.00 bits per heavy atom. The van der Waals surface area contributed by atoms with Crippen molar-refractivity contribution in [3.63, 3.8) is 0 Å². The van der Waals surface area contributed by atoms with Crippen LogP contribution in [0.1, 0.15) is 24.8 Å². The number of hydrogen-bond donors (Lipinski definition) is 1. The highest BCUT2D eigenvalue weighted by atomic mass is 16.5. The number of aliphatic hydroxyl groups is 1. The Hall–Kier alpha value is -1.88. The van der Waals surface area contributed by atoms with E-state index >= 15 is 0 Å². The third-order valence-electron chi connectivity index (χ3n) is 6.07. The van der Waals surface area contributed by atoms with Gasteiger partial charge >= 0.3 is 0 Å². The number of ether oxygens (including phenoxy) is 1. The van der Waals surface area contributed by atoms with Gasteiger partial charge in [-0.15, -0.1) is 0 Å². The number of hydrogen-bond acceptors (Lipinski definition) is 4. The van der Waals surface area contributed by atoms with Gasteiger partial charge in [-0.1, -0.05) is 30.3 Å². The Kier molecular flexibility index (Phi) is 5.48. The molecule has 2 aromatic carbocycles. The van der Waals surface area contributed by atoms with E-state index in [9.17, 15) is 5.11 Å². The van der Waals surface area contributed by atoms with Gasteiger partial charge in [0.1, 0.15) is 11.5 Å². The topological polar surface area (TPSA) is 35.9 Å². The summed E-state index contributed by atoms with van der Waals surface area (Å²) >= 11 is 0. The number of piperidine rings is 2. The molecule has 4 rings (SSSR count). The fourth-order valence-corrected chi connectivity index (χ4v) is 4.71. The summed E-state index contributed by atoms with van der Waals surface area (Å²) in [5.74, 6) is 1.73. The SMILES string of the molecule is CN1CC[C@H](O)[C@@]2(CCCN(Cc3ccc(Oc4ccccc4)cc3)C2)C1. The summed E-state index contributed by atoms with van der Waals surface area (Å²) in [6.07, 6.45) is 3.03. The van der Waals surface area contributed by atoms with Crippen LogP contribution in [-0.4, -0.2) is 54.2 Å². The van der Waals surface area contributed by atoms with Crippen molar-refractivity contribution in [3.05, 3.63) is 60.2 Å². The average molecular weight is 367 g/mol. The number of likely N-dealkylation sites (tertiary alicyclic amines) is 2. The highest BCUT2D eigenvalue weighted by molar-refractivity contribution is 5.33. The van der Waals surface area contributed by atoms with Crippen LogP contribution < -0.4 is 4.74 Å². The predicted octanol–water partition coefficient (Wildman–Crippen LogP) is 3.76. The van der Waals surface area contributed by atoms with E-state index in [1.165, 1.54) is 12.0 Å². The second-order valence-electron chi connectivity index (χ2n) is 8.28. The zero-order valence-corrected chi connectivity index (χ0v) is 16.2. The lowest BCUT2D eigenvalue weighted by Gasteiger charge is -2.50. The molecule has 0 radical (unpaired) electrons. The molecular formula is C23H30N2O2. The monoisotopic (exact) mass is 366 g/mol. The van der Waals surface area contributed by atoms with Gasteiger partial charge < -0.3 is 14.7 Å². The summed E-state index contributed by atoms with van der Waals surface area (Å²) < 4.78 is 5.89. The molecule has 0 unspecified atom stereocenters. The van der Waals surface area contributed by atoms with Gasteiger partial charge in [-0.3, -0.25) is 4.90 Å². The quantitative estimate of drug-likeness (QED) is 0.894. The second kappa shape index (κ2) is 8.01. The summed E-state index contributed by atoms with van der Waals surface area (Å²) in [4.78, 5) is 4.89. The van der Waals surface area contributed by atoms with Crippen LogP contribution in [-0.2, 0) is 6.54 Å². The lowest BCUT2D eigenvalue weighted by molar-refractivity contribution is -0.0807. The van der Waals surface area contributed by atoms with Crippen molar-refractivity contribution in [2.24, 2.45) is 5.41 Å². The minimum absolute atomic E-state index is 0.0433. The van der Waals surface area contributed by atoms with Crippen LogP contribution in [0.3, 0.4) is 0 Å². The standard InChI is InChI=1S/C23H30N2O2/c1-24-15-12-22(26)23(17-24)13-5-14-25(18-23)16-19-8-10-21(11-9-19)27-20-6-3-2-4-7-20/h2-4,6-11,22,26H,5,12-18H2,1H3/t22-,23-/m0/s1. The fourth-order valence-electron chi connectivity index (χ4n) is 4.71. The van der Waals surface area contributed by atoms with E-state index in [2.05, 4.69) is 29.0 Å². The Morgan fingerprint density at radius 2 is 1.74 bits per heavy atom. The number of rotatable bonds is 4. The molecule has 2 heterocycles. The zero-order chi connectivity index (χ0) is 18.7. The zero-order valence-electron chi connectivity index (χ0n) is 16.2. The maximum atomic E-state index is 10.7. The third kappa shape index (κ3) is 4.34. The Balaban J connectivity index is 1.38. The molecule has 1 N–H and O–H groups in total. The predicted molar refractivity (Wildman–Crippen MR) is 108 cm³/mol. The molecule has 2 aromatic rings. The Labute approximate surface area is 162 Å². The first kappa shape index (κ1) is 18.5. The molecule has 0 aliphatic carbocycles. The molecule has 2 saturated heterocycles. The molecule has 0 saturated carbocycles. The summed E-state index contributed by atoms with van der Waals surface area (Å²) in [7, 11) is 2.18. The molecule has 144 valence electrons. The van der Waals surface area contributed by atoms with E-state index in [1.807, 2.05) is 42.5 Å². The number of benzene rings is 2. The Morgan fingerprint density at radius 3 is 2.52 bits per heavy atom. The molecule has 1 spiro atoms. The van der Waals surface area contributed by atoms with E-state index in [-0.39, 0.29) is 11.5 Å². The minimum Gasteiger partial charge on any atom is -0.457 e. The summed E-state index contributed by atoms with van der Waals surface area (Å²) in [5.41, 5.74) is 1.34. The first-order valence-electron chi connectivity index (χ1n) is 10.0. The molecule has 2 aliphatic heterocycles. The van der Waals surface area contributed by atoms with Crippen LogP contribution in [0.4, 0.5) is 0 Å². The lowest BCUT2D eigenvalue weighted by Crippen LogP contribution is -2.58. The lowest BCUT2D eigenvalue weighted by atomic mass is 9.71. The molecule has 4 nitrogen and oxygen atoms in total. The highest BCUT2D eigenvalue weighted by Gasteiger charge is 2.44. The Bertz CT molecular complexity index is 734. The first-order valence-corrected chi connectivity index (χ1v) is 10.0. The molecular weight excluding hydrogens is 336 g/mol. The van der Waals surface area contributed by atoms with E-state index in [1.54, 1.807) is 0 Å². The van der Waals surface area contributed by atoms with Crippen LogP contribution in [0, 0.1) is 5.41 Å². The normalized spacial score (nSPS) is 27.0. The van der Waals surface area contributed by atoms with Gasteiger partial charge in [-0.2, -0.15) is 0 Å². The van der Waals surface area contributed by atoms with Crippen molar-refractivity contribution in [1.29, 1.82) is 0 Å². The third-order valence-corrected chi connectivity index (χ3v) is 6.07. The van der Waals surface area contributed by atoms with Gasteiger partial charge in [0, 0.05) is 31.6 Å². The number of aliphatic hydroxyl groups excluding tert-OH is 1. The molecule has 2 atom stereocenters. The molecule has 0 amide bonds. The van der Waals surface area contributed by atoms with Gasteiger partial charge in [0.05, 0.1) is 6.10 Å². The molecule has 0 aromatic heterocycles. The second-order valence-corrected chi connectivity index (χ2v) is 8.28. The molecule has 2 aliphatic rings. The van der Waals surface area contributed by atoms with Crippen molar-refractivity contribution in [2.45, 2.75) is 31.9 Å². The van der Waals surface area contributed by atoms with E-state index in [4.69, 9.17) is 4.74 Å². The van der Waals surface area contributed by atoms with Crippen molar-refractivity contribution in [1.82, 2.24) is 9.80 Å². The van der Waals surface area contributed by atoms with Gasteiger partial charge in [0.2, 0.25) is 0 Å². The minimum atomic E-state index is -0.168. The van der Waals surface area contributed by atoms with E-state index < -0.39 is 0 Å². The van der Waals surface area contributed by atoms with Crippen LogP contribution in [0.2, 0.25) is 0 Å². The average Bonchev–Trinajstić information content (AvgIpc) is 2.68. The van der Waals surface area contributed by atoms with Crippen LogP contribution in [0.25, 0.3) is 0 Å². The van der Waals surface area contributed by atoms with Crippen LogP contribution in [0.5, 0.6) is 11.5 Å². The molecule has 0 bridgehead atoms. The largest absolute Gasteiger partial charge is 0.457 e. The number of nitrogens with zero attached hydrogens (tertiary/aromatic N) is 2. The van der Waals surface area contributed by atoms with Gasteiger partial charge in [-0.05, 0) is 62.7 Å². The fraction of sp³-hybridized carbons (Fsp3) is 0.478. The van der Waals surface area contributed by atoms with E-state index in [0.29, 0.717) is 0 Å². The molecule has 27 heavy (non-hydrogen) atoms. The van der Waals surface area contributed by atoms with Gasteiger partial charge in [0.25, 0.3) is 0 Å². The maximum absolute atomic E-state index is 10.7. The van der Waals surface area contributed by atoms with Crippen molar-refractivity contribution >= 4 is 0 Å². The summed E-state index contributed by atoms with van der Waals surface area (Å²) in [6, 6.07) is 18.3.